The zero-order valence-corrected chi connectivity index (χ0v) is 51.6. The van der Waals surface area contributed by atoms with Gasteiger partial charge in [-0.25, -0.2) is 0 Å². The first-order valence-electron chi connectivity index (χ1n) is 29.2. The van der Waals surface area contributed by atoms with Gasteiger partial charge in [0.2, 0.25) is 0 Å². The van der Waals surface area contributed by atoms with E-state index < -0.39 is 14.2 Å². The molecule has 0 fully saturated rings. The Kier molecular flexibility index (Phi) is 56.9. The number of esters is 3. The minimum absolute atomic E-state index is 0.0967. The summed E-state index contributed by atoms with van der Waals surface area (Å²) in [6.07, 6.45) is 67.4. The Morgan fingerprint density at radius 3 is 0.803 bits per heavy atom. The molecule has 10 heteroatoms. The molecule has 0 aromatic carbocycles. The van der Waals surface area contributed by atoms with Crippen molar-refractivity contribution >= 4 is 59.0 Å². The monoisotopic (exact) mass is 1150 g/mol. The van der Waals surface area contributed by atoms with Crippen molar-refractivity contribution in [2.75, 3.05) is 37.1 Å². The van der Waals surface area contributed by atoms with Gasteiger partial charge in [0.25, 0.3) is 0 Å². The molecular weight excluding hydrogens is 1040 g/mol. The summed E-state index contributed by atoms with van der Waals surface area (Å²) in [5, 5.41) is 0. The van der Waals surface area contributed by atoms with Gasteiger partial charge in [-0.3, -0.25) is 0 Å². The summed E-state index contributed by atoms with van der Waals surface area (Å²) < 4.78 is 17.0. The molecule has 0 radical (unpaired) electrons. The van der Waals surface area contributed by atoms with E-state index in [4.69, 9.17) is 14.2 Å². The normalized spacial score (nSPS) is 13.0. The Labute approximate surface area is 451 Å². The molecule has 6 nitrogen and oxygen atoms in total. The van der Waals surface area contributed by atoms with Crippen LogP contribution in [0.5, 0.6) is 0 Å². The van der Waals surface area contributed by atoms with E-state index in [1.54, 1.807) is 0 Å². The van der Waals surface area contributed by atoms with E-state index in [0.717, 1.165) is 114 Å². The van der Waals surface area contributed by atoms with Crippen LogP contribution in [0.4, 0.5) is 0 Å². The Morgan fingerprint density at radius 2 is 0.549 bits per heavy atom. The molecule has 0 N–H and O–H groups in total. The molecule has 0 unspecified atom stereocenters. The van der Waals surface area contributed by atoms with E-state index in [9.17, 15) is 14.4 Å². The van der Waals surface area contributed by atoms with Gasteiger partial charge in [-0.2, -0.15) is 0 Å². The van der Waals surface area contributed by atoms with E-state index >= 15 is 0 Å². The van der Waals surface area contributed by atoms with Crippen molar-refractivity contribution < 1.29 is 28.6 Å². The van der Waals surface area contributed by atoms with Gasteiger partial charge in [0.05, 0.1) is 0 Å². The van der Waals surface area contributed by atoms with E-state index in [0.29, 0.717) is 39.1 Å². The van der Waals surface area contributed by atoms with Gasteiger partial charge in [-0.05, 0) is 57.8 Å². The standard InChI is InChI=1S/3C20H36O2S.CH3.Sn/c3*1-2-3-4-5-6-7-8-9-10-11-12-13-14-15-16-17-20(21)22-18-19-23;;/h3*6-7,9-10,23H,2-5,8,11-19H2,1H3;1H3;/q;;;;+3/p-3. The smallest absolute Gasteiger partial charge is 0.0882 e. The topological polar surface area (TPSA) is 78.9 Å². The summed E-state index contributed by atoms with van der Waals surface area (Å²) in [7, 11) is 5.86. The number of unbranched alkanes of at least 4 members (excludes halogenated alkanes) is 24. The number of carbonyl (C=O) groups excluding carboxylic acids is 3. The molecule has 0 aliphatic rings. The van der Waals surface area contributed by atoms with Gasteiger partial charge in [0, 0.05) is 0 Å². The maximum atomic E-state index is 12.6. The van der Waals surface area contributed by atoms with Crippen molar-refractivity contribution in [3.63, 3.8) is 0 Å². The van der Waals surface area contributed by atoms with E-state index in [1.807, 2.05) is 26.8 Å². The minimum Gasteiger partial charge on any atom is -0.0882 e. The third kappa shape index (κ3) is 56.3. The molecule has 0 amide bonds. The van der Waals surface area contributed by atoms with Crippen molar-refractivity contribution in [1.82, 2.24) is 0 Å². The first-order valence-corrected chi connectivity index (χ1v) is 45.4. The molecule has 0 saturated carbocycles. The number of hydrogen-bond donors (Lipinski definition) is 0. The van der Waals surface area contributed by atoms with Crippen molar-refractivity contribution in [2.45, 2.75) is 257 Å². The fourth-order valence-corrected chi connectivity index (χ4v) is 38.5. The van der Waals surface area contributed by atoms with Gasteiger partial charge >= 0.3 is 264 Å². The third-order valence-electron chi connectivity index (χ3n) is 12.1. The predicted octanol–water partition coefficient (Wildman–Crippen LogP) is 19.8. The van der Waals surface area contributed by atoms with Crippen LogP contribution in [0, 0.1) is 0 Å². The minimum atomic E-state index is -2.89. The molecule has 410 valence electrons. The SMILES string of the molecule is CCCCCC=CCC=CCCCCCCCC(=O)OCC[S][Sn]([CH3])([S]CCOC(=O)CCCCCCCC=CCC=CCCCCC)[S]CCOC(=O)CCCCCCCC=CCC=CCCCCC. The molecule has 0 rings (SSSR count). The molecule has 0 aromatic rings. The fraction of sp³-hybridized carbons (Fsp3) is 0.754. The van der Waals surface area contributed by atoms with E-state index in [2.05, 4.69) is 98.6 Å². The molecular formula is C61H108O6S3Sn. The molecule has 0 saturated heterocycles. The zero-order valence-electron chi connectivity index (χ0n) is 46.3. The molecule has 0 aliphatic heterocycles. The summed E-state index contributed by atoms with van der Waals surface area (Å²) in [5.74, 6) is 2.00. The summed E-state index contributed by atoms with van der Waals surface area (Å²) in [5.41, 5.74) is 0. The number of carbonyl (C=O) groups is 3. The van der Waals surface area contributed by atoms with E-state index in [1.165, 1.54) is 116 Å². The van der Waals surface area contributed by atoms with E-state index in [-0.39, 0.29) is 17.9 Å². The van der Waals surface area contributed by atoms with Gasteiger partial charge in [-0.15, -0.1) is 0 Å². The average molecular weight is 1150 g/mol. The summed E-state index contributed by atoms with van der Waals surface area (Å²) >= 11 is -2.89. The zero-order chi connectivity index (χ0) is 51.7. The van der Waals surface area contributed by atoms with Crippen molar-refractivity contribution in [3.05, 3.63) is 72.9 Å². The Bertz CT molecular complexity index is 1220. The molecule has 71 heavy (non-hydrogen) atoms. The Hall–Kier alpha value is -1.30. The maximum absolute atomic E-state index is 12.6. The van der Waals surface area contributed by atoms with Crippen LogP contribution in [0.3, 0.4) is 0 Å². The van der Waals surface area contributed by atoms with Crippen LogP contribution in [0.15, 0.2) is 72.9 Å². The second kappa shape index (κ2) is 58.0. The van der Waals surface area contributed by atoms with Crippen LogP contribution >= 0.6 is 26.8 Å². The predicted molar refractivity (Wildman–Crippen MR) is 320 cm³/mol. The van der Waals surface area contributed by atoms with Gasteiger partial charge in [0.15, 0.2) is 0 Å². The molecule has 0 heterocycles. The van der Waals surface area contributed by atoms with Gasteiger partial charge < -0.3 is 0 Å². The van der Waals surface area contributed by atoms with Gasteiger partial charge in [0.1, 0.15) is 0 Å². The fourth-order valence-electron chi connectivity index (χ4n) is 7.73. The summed E-state index contributed by atoms with van der Waals surface area (Å²) in [4.78, 5) is 40.0. The molecule has 0 aromatic heterocycles. The molecule has 0 bridgehead atoms. The molecule has 0 aliphatic carbocycles. The Morgan fingerprint density at radius 1 is 0.324 bits per heavy atom. The number of ether oxygens (including phenoxy) is 3. The van der Waals surface area contributed by atoms with Crippen LogP contribution in [0.2, 0.25) is 4.94 Å². The number of allylic oxidation sites excluding steroid dienone is 12. The average Bonchev–Trinajstić information content (AvgIpc) is 3.36. The van der Waals surface area contributed by atoms with Crippen molar-refractivity contribution in [2.24, 2.45) is 0 Å². The van der Waals surface area contributed by atoms with Gasteiger partial charge in [-0.1, -0.05) is 132 Å². The van der Waals surface area contributed by atoms with Crippen LogP contribution in [-0.2, 0) is 28.6 Å². The first-order chi connectivity index (χ1) is 34.9. The Balaban J connectivity index is 4.49. The second-order valence-electron chi connectivity index (χ2n) is 19.0. The van der Waals surface area contributed by atoms with Crippen molar-refractivity contribution in [3.8, 4) is 0 Å². The van der Waals surface area contributed by atoms with Crippen LogP contribution in [0.1, 0.15) is 252 Å². The van der Waals surface area contributed by atoms with Crippen molar-refractivity contribution in [1.29, 1.82) is 0 Å². The molecule has 0 spiro atoms. The summed E-state index contributed by atoms with van der Waals surface area (Å²) in [6, 6.07) is 0. The molecule has 0 atom stereocenters. The van der Waals surface area contributed by atoms with Crippen LogP contribution in [-0.4, -0.2) is 69.2 Å². The van der Waals surface area contributed by atoms with Crippen LogP contribution in [0.25, 0.3) is 0 Å². The number of hydrogen-bond acceptors (Lipinski definition) is 9. The second-order valence-corrected chi connectivity index (χ2v) is 55.1. The first kappa shape index (κ1) is 69.7. The third-order valence-corrected chi connectivity index (χ3v) is 47.8. The summed E-state index contributed by atoms with van der Waals surface area (Å²) in [6.45, 7) is 7.99. The number of rotatable bonds is 54. The van der Waals surface area contributed by atoms with Crippen LogP contribution < -0.4 is 0 Å². The quantitative estimate of drug-likeness (QED) is 0.0195.